The van der Waals surface area contributed by atoms with Crippen molar-refractivity contribution in [2.24, 2.45) is 5.73 Å². The molecule has 2 amide bonds. The summed E-state index contributed by atoms with van der Waals surface area (Å²) in [5.41, 5.74) is 9.52. The first kappa shape index (κ1) is 15.2. The Bertz CT molecular complexity index is 760. The van der Waals surface area contributed by atoms with Crippen LogP contribution in [0.25, 0.3) is 0 Å². The maximum Gasteiger partial charge on any atom is 0.329 e. The Morgan fingerprint density at radius 2 is 1.71 bits per heavy atom. The van der Waals surface area contributed by atoms with Gasteiger partial charge < -0.3 is 5.73 Å². The van der Waals surface area contributed by atoms with Crippen LogP contribution in [0.3, 0.4) is 0 Å². The molecule has 1 saturated heterocycles. The SMILES string of the molecule is CCC1(N)CC1c1ccccc1N1CCN(c2ccccc2)C1=O. The topological polar surface area (TPSA) is 49.6 Å². The molecule has 2 fully saturated rings. The standard InChI is InChI=1S/C20H23N3O/c1-2-20(21)14-17(20)16-10-6-7-11-18(16)23-13-12-22(19(23)24)15-8-4-3-5-9-15/h3-11,17H,2,12-14,21H2,1H3. The zero-order valence-corrected chi connectivity index (χ0v) is 14.0. The van der Waals surface area contributed by atoms with E-state index in [4.69, 9.17) is 5.73 Å². The number of nitrogens with zero attached hydrogens (tertiary/aromatic N) is 2. The van der Waals surface area contributed by atoms with Crippen LogP contribution >= 0.6 is 0 Å². The molecular weight excluding hydrogens is 298 g/mol. The average molecular weight is 321 g/mol. The summed E-state index contributed by atoms with van der Waals surface area (Å²) in [7, 11) is 0. The van der Waals surface area contributed by atoms with Gasteiger partial charge in [0.2, 0.25) is 0 Å². The van der Waals surface area contributed by atoms with Crippen LogP contribution in [0.5, 0.6) is 0 Å². The smallest absolute Gasteiger partial charge is 0.325 e. The van der Waals surface area contributed by atoms with Crippen molar-refractivity contribution in [3.05, 3.63) is 60.2 Å². The average Bonchev–Trinajstić information content (AvgIpc) is 3.16. The third-order valence-corrected chi connectivity index (χ3v) is 5.46. The first-order chi connectivity index (χ1) is 11.6. The van der Waals surface area contributed by atoms with Crippen molar-refractivity contribution >= 4 is 17.4 Å². The molecule has 24 heavy (non-hydrogen) atoms. The van der Waals surface area contributed by atoms with E-state index in [-0.39, 0.29) is 11.6 Å². The van der Waals surface area contributed by atoms with E-state index in [0.717, 1.165) is 24.2 Å². The maximum atomic E-state index is 13.0. The predicted molar refractivity (Wildman–Crippen MR) is 97.5 cm³/mol. The molecule has 2 unspecified atom stereocenters. The van der Waals surface area contributed by atoms with E-state index >= 15 is 0 Å². The number of anilines is 2. The number of hydrogen-bond donors (Lipinski definition) is 1. The minimum absolute atomic E-state index is 0.0495. The monoisotopic (exact) mass is 321 g/mol. The molecule has 2 aromatic rings. The van der Waals surface area contributed by atoms with Gasteiger partial charge in [-0.15, -0.1) is 0 Å². The molecule has 4 rings (SSSR count). The van der Waals surface area contributed by atoms with Gasteiger partial charge in [-0.2, -0.15) is 0 Å². The molecule has 124 valence electrons. The molecule has 0 bridgehead atoms. The Hall–Kier alpha value is -2.33. The summed E-state index contributed by atoms with van der Waals surface area (Å²) < 4.78 is 0. The van der Waals surface area contributed by atoms with Crippen molar-refractivity contribution in [1.29, 1.82) is 0 Å². The van der Waals surface area contributed by atoms with Crippen molar-refractivity contribution in [1.82, 2.24) is 0 Å². The van der Waals surface area contributed by atoms with Gasteiger partial charge in [-0.1, -0.05) is 43.3 Å². The number of hydrogen-bond acceptors (Lipinski definition) is 2. The molecule has 1 aliphatic carbocycles. The van der Waals surface area contributed by atoms with E-state index in [1.54, 1.807) is 0 Å². The highest BCUT2D eigenvalue weighted by Crippen LogP contribution is 2.54. The van der Waals surface area contributed by atoms with E-state index in [1.807, 2.05) is 52.3 Å². The molecule has 0 aromatic heterocycles. The van der Waals surface area contributed by atoms with Crippen molar-refractivity contribution in [3.63, 3.8) is 0 Å². The van der Waals surface area contributed by atoms with Gasteiger partial charge in [-0.05, 0) is 36.6 Å². The molecule has 4 nitrogen and oxygen atoms in total. The predicted octanol–water partition coefficient (Wildman–Crippen LogP) is 3.73. The first-order valence-corrected chi connectivity index (χ1v) is 8.66. The summed E-state index contributed by atoms with van der Waals surface area (Å²) in [5.74, 6) is 0.359. The van der Waals surface area contributed by atoms with Gasteiger partial charge in [0.15, 0.2) is 0 Å². The third kappa shape index (κ3) is 2.38. The van der Waals surface area contributed by atoms with E-state index < -0.39 is 0 Å². The van der Waals surface area contributed by atoms with Gasteiger partial charge in [0.05, 0.1) is 0 Å². The Kier molecular flexibility index (Phi) is 3.57. The fourth-order valence-corrected chi connectivity index (χ4v) is 3.77. The summed E-state index contributed by atoms with van der Waals surface area (Å²) in [4.78, 5) is 16.7. The van der Waals surface area contributed by atoms with E-state index in [9.17, 15) is 4.79 Å². The minimum Gasteiger partial charge on any atom is -0.325 e. The molecule has 1 saturated carbocycles. The summed E-state index contributed by atoms with van der Waals surface area (Å²) in [6.45, 7) is 3.56. The molecule has 0 spiro atoms. The summed E-state index contributed by atoms with van der Waals surface area (Å²) >= 11 is 0. The Morgan fingerprint density at radius 3 is 2.42 bits per heavy atom. The molecule has 2 atom stereocenters. The van der Waals surface area contributed by atoms with E-state index in [2.05, 4.69) is 19.1 Å². The molecule has 1 aliphatic heterocycles. The van der Waals surface area contributed by atoms with Crippen LogP contribution in [-0.4, -0.2) is 24.7 Å². The van der Waals surface area contributed by atoms with Gasteiger partial charge in [0, 0.05) is 35.9 Å². The lowest BCUT2D eigenvalue weighted by Crippen LogP contribution is -2.32. The number of nitrogens with two attached hydrogens (primary N) is 1. The normalized spacial score (nSPS) is 26.1. The van der Waals surface area contributed by atoms with Gasteiger partial charge in [-0.3, -0.25) is 9.80 Å². The largest absolute Gasteiger partial charge is 0.329 e. The van der Waals surface area contributed by atoms with Crippen LogP contribution in [-0.2, 0) is 0 Å². The van der Waals surface area contributed by atoms with Crippen LogP contribution in [0.1, 0.15) is 31.2 Å². The molecular formula is C20H23N3O. The quantitative estimate of drug-likeness (QED) is 0.933. The fraction of sp³-hybridized carbons (Fsp3) is 0.350. The zero-order chi connectivity index (χ0) is 16.7. The van der Waals surface area contributed by atoms with Crippen molar-refractivity contribution in [2.45, 2.75) is 31.2 Å². The lowest BCUT2D eigenvalue weighted by molar-refractivity contribution is 0.256. The summed E-state index contributed by atoms with van der Waals surface area (Å²) in [6, 6.07) is 18.1. The van der Waals surface area contributed by atoms with Gasteiger partial charge in [0.25, 0.3) is 0 Å². The lowest BCUT2D eigenvalue weighted by Gasteiger charge is -2.22. The van der Waals surface area contributed by atoms with Crippen molar-refractivity contribution in [3.8, 4) is 0 Å². The number of rotatable bonds is 4. The molecule has 4 heteroatoms. The molecule has 1 heterocycles. The summed E-state index contributed by atoms with van der Waals surface area (Å²) in [6.07, 6.45) is 1.97. The number of benzene rings is 2. The van der Waals surface area contributed by atoms with E-state index in [0.29, 0.717) is 19.0 Å². The van der Waals surface area contributed by atoms with Crippen LogP contribution < -0.4 is 15.5 Å². The Balaban J connectivity index is 1.63. The molecule has 2 aliphatic rings. The lowest BCUT2D eigenvalue weighted by atomic mass is 10.0. The Labute approximate surface area is 142 Å². The second-order valence-electron chi connectivity index (χ2n) is 6.82. The van der Waals surface area contributed by atoms with Crippen molar-refractivity contribution < 1.29 is 4.79 Å². The number of carbonyl (C=O) groups is 1. The maximum absolute atomic E-state index is 13.0. The number of amides is 2. The molecule has 2 aromatic carbocycles. The van der Waals surface area contributed by atoms with Gasteiger partial charge >= 0.3 is 6.03 Å². The third-order valence-electron chi connectivity index (χ3n) is 5.46. The van der Waals surface area contributed by atoms with Crippen LogP contribution in [0.2, 0.25) is 0 Å². The number of para-hydroxylation sites is 2. The highest BCUT2D eigenvalue weighted by atomic mass is 16.2. The fourth-order valence-electron chi connectivity index (χ4n) is 3.77. The van der Waals surface area contributed by atoms with Crippen LogP contribution in [0.4, 0.5) is 16.2 Å². The van der Waals surface area contributed by atoms with Crippen molar-refractivity contribution in [2.75, 3.05) is 22.9 Å². The highest BCUT2D eigenvalue weighted by molar-refractivity contribution is 6.06. The van der Waals surface area contributed by atoms with Gasteiger partial charge in [0.1, 0.15) is 0 Å². The van der Waals surface area contributed by atoms with Gasteiger partial charge in [-0.25, -0.2) is 4.79 Å². The highest BCUT2D eigenvalue weighted by Gasteiger charge is 2.51. The molecule has 0 radical (unpaired) electrons. The second kappa shape index (κ2) is 5.64. The molecule has 2 N–H and O–H groups in total. The second-order valence-corrected chi connectivity index (χ2v) is 6.82. The van der Waals surface area contributed by atoms with Crippen LogP contribution in [0.15, 0.2) is 54.6 Å². The van der Waals surface area contributed by atoms with E-state index in [1.165, 1.54) is 5.56 Å². The summed E-state index contributed by atoms with van der Waals surface area (Å²) in [5, 5.41) is 0. The van der Waals surface area contributed by atoms with Crippen LogP contribution in [0, 0.1) is 0 Å². The minimum atomic E-state index is -0.0992. The number of carbonyl (C=O) groups excluding carboxylic acids is 1. The first-order valence-electron chi connectivity index (χ1n) is 8.66. The number of urea groups is 1. The zero-order valence-electron chi connectivity index (χ0n) is 14.0. The Morgan fingerprint density at radius 1 is 1.04 bits per heavy atom.